The first-order chi connectivity index (χ1) is 6.70. The van der Waals surface area contributed by atoms with Gasteiger partial charge in [-0.25, -0.2) is 0 Å². The van der Waals surface area contributed by atoms with E-state index in [1.54, 1.807) is 12.4 Å². The molecule has 0 saturated carbocycles. The Morgan fingerprint density at radius 2 is 2.50 bits per heavy atom. The minimum Gasteiger partial charge on any atom is -0.353 e. The van der Waals surface area contributed by atoms with Crippen molar-refractivity contribution in [3.63, 3.8) is 0 Å². The fraction of sp³-hybridized carbons (Fsp3) is 0.200. The fourth-order valence-corrected chi connectivity index (χ4v) is 1.29. The summed E-state index contributed by atoms with van der Waals surface area (Å²) in [5, 5.41) is 2.68. The zero-order valence-electron chi connectivity index (χ0n) is 7.83. The van der Waals surface area contributed by atoms with Gasteiger partial charge in [-0.05, 0) is 27.6 Å². The molecule has 0 radical (unpaired) electrons. The molecule has 0 bridgehead atoms. The summed E-state index contributed by atoms with van der Waals surface area (Å²) in [5.41, 5.74) is 1.05. The normalized spacial score (nSPS) is 10.4. The summed E-state index contributed by atoms with van der Waals surface area (Å²) >= 11 is 3.38. The van der Waals surface area contributed by atoms with E-state index in [1.807, 2.05) is 18.2 Å². The maximum absolute atomic E-state index is 10.6. The maximum Gasteiger partial charge on any atom is 0.217 e. The van der Waals surface area contributed by atoms with Gasteiger partial charge in [0.15, 0.2) is 0 Å². The molecule has 0 fully saturated rings. The zero-order chi connectivity index (χ0) is 10.4. The van der Waals surface area contributed by atoms with Crippen LogP contribution in [0.3, 0.4) is 0 Å². The van der Waals surface area contributed by atoms with Crippen LogP contribution in [0.15, 0.2) is 29.0 Å². The molecule has 14 heavy (non-hydrogen) atoms. The van der Waals surface area contributed by atoms with Crippen molar-refractivity contribution in [1.29, 1.82) is 0 Å². The number of amides is 1. The second-order valence-corrected chi connectivity index (χ2v) is 3.59. The Bertz CT molecular complexity index is 350. The Morgan fingerprint density at radius 3 is 3.14 bits per heavy atom. The molecule has 0 atom stereocenters. The van der Waals surface area contributed by atoms with E-state index in [0.717, 1.165) is 10.0 Å². The van der Waals surface area contributed by atoms with E-state index in [0.29, 0.717) is 6.54 Å². The van der Waals surface area contributed by atoms with Crippen molar-refractivity contribution in [3.05, 3.63) is 34.6 Å². The first-order valence-corrected chi connectivity index (χ1v) is 5.00. The van der Waals surface area contributed by atoms with Gasteiger partial charge >= 0.3 is 0 Å². The monoisotopic (exact) mass is 254 g/mol. The zero-order valence-corrected chi connectivity index (χ0v) is 9.41. The second-order valence-electron chi connectivity index (χ2n) is 2.74. The smallest absolute Gasteiger partial charge is 0.217 e. The molecule has 0 unspecified atom stereocenters. The number of hydrogen-bond donors (Lipinski definition) is 1. The van der Waals surface area contributed by atoms with Crippen LogP contribution in [0.2, 0.25) is 0 Å². The van der Waals surface area contributed by atoms with Crippen molar-refractivity contribution in [2.45, 2.75) is 6.92 Å². The van der Waals surface area contributed by atoms with E-state index in [-0.39, 0.29) is 5.91 Å². The SMILES string of the molecule is CC(=O)NCC=Cc1ccncc1Br. The van der Waals surface area contributed by atoms with Crippen LogP contribution < -0.4 is 5.32 Å². The number of carbonyl (C=O) groups excluding carboxylic acids is 1. The molecule has 1 N–H and O–H groups in total. The van der Waals surface area contributed by atoms with Crippen LogP contribution in [-0.4, -0.2) is 17.4 Å². The highest BCUT2D eigenvalue weighted by Crippen LogP contribution is 2.15. The van der Waals surface area contributed by atoms with Gasteiger partial charge in [0.05, 0.1) is 0 Å². The summed E-state index contributed by atoms with van der Waals surface area (Å²) in [5.74, 6) is -0.0246. The van der Waals surface area contributed by atoms with Crippen LogP contribution >= 0.6 is 15.9 Å². The van der Waals surface area contributed by atoms with E-state index in [1.165, 1.54) is 6.92 Å². The standard InChI is InChI=1S/C10H11BrN2O/c1-8(14)13-5-2-3-9-4-6-12-7-10(9)11/h2-4,6-7H,5H2,1H3,(H,13,14). The Hall–Kier alpha value is -1.16. The average Bonchev–Trinajstić information content (AvgIpc) is 2.15. The molecular weight excluding hydrogens is 244 g/mol. The van der Waals surface area contributed by atoms with E-state index in [2.05, 4.69) is 26.2 Å². The number of pyridine rings is 1. The second kappa shape index (κ2) is 5.54. The number of carbonyl (C=O) groups is 1. The lowest BCUT2D eigenvalue weighted by atomic mass is 10.2. The quantitative estimate of drug-likeness (QED) is 0.897. The average molecular weight is 255 g/mol. The van der Waals surface area contributed by atoms with Crippen LogP contribution in [0.25, 0.3) is 6.08 Å². The van der Waals surface area contributed by atoms with Crippen LogP contribution in [0.4, 0.5) is 0 Å². The number of halogens is 1. The fourth-order valence-electron chi connectivity index (χ4n) is 0.910. The van der Waals surface area contributed by atoms with Gasteiger partial charge < -0.3 is 5.32 Å². The predicted molar refractivity (Wildman–Crippen MR) is 59.7 cm³/mol. The van der Waals surface area contributed by atoms with Crippen molar-refractivity contribution in [3.8, 4) is 0 Å². The first kappa shape index (κ1) is 10.9. The molecule has 1 rings (SSSR count). The third-order valence-electron chi connectivity index (χ3n) is 1.57. The Morgan fingerprint density at radius 1 is 1.71 bits per heavy atom. The third kappa shape index (κ3) is 3.70. The van der Waals surface area contributed by atoms with E-state index in [4.69, 9.17) is 0 Å². The lowest BCUT2D eigenvalue weighted by Gasteiger charge is -1.97. The minimum absolute atomic E-state index is 0.0246. The molecule has 0 aliphatic heterocycles. The molecule has 0 spiro atoms. The predicted octanol–water partition coefficient (Wildman–Crippen LogP) is 1.99. The van der Waals surface area contributed by atoms with Gasteiger partial charge in [0.1, 0.15) is 0 Å². The molecule has 1 aromatic rings. The summed E-state index contributed by atoms with van der Waals surface area (Å²) in [7, 11) is 0. The first-order valence-electron chi connectivity index (χ1n) is 4.20. The lowest BCUT2D eigenvalue weighted by molar-refractivity contribution is -0.118. The van der Waals surface area contributed by atoms with Crippen molar-refractivity contribution < 1.29 is 4.79 Å². The number of hydrogen-bond acceptors (Lipinski definition) is 2. The van der Waals surface area contributed by atoms with Gasteiger partial charge in [0.25, 0.3) is 0 Å². The molecule has 74 valence electrons. The Kier molecular flexibility index (Phi) is 4.32. The summed E-state index contributed by atoms with van der Waals surface area (Å²) in [6.07, 6.45) is 7.28. The summed E-state index contributed by atoms with van der Waals surface area (Å²) in [6.45, 7) is 2.04. The highest BCUT2D eigenvalue weighted by Gasteiger charge is 1.92. The van der Waals surface area contributed by atoms with E-state index >= 15 is 0 Å². The molecule has 0 saturated heterocycles. The molecule has 0 aromatic carbocycles. The minimum atomic E-state index is -0.0246. The van der Waals surface area contributed by atoms with Crippen LogP contribution in [-0.2, 0) is 4.79 Å². The molecule has 0 aliphatic carbocycles. The van der Waals surface area contributed by atoms with Gasteiger partial charge in [0, 0.05) is 30.3 Å². The molecule has 1 aromatic heterocycles. The van der Waals surface area contributed by atoms with Gasteiger partial charge in [0.2, 0.25) is 5.91 Å². The number of nitrogens with zero attached hydrogens (tertiary/aromatic N) is 1. The summed E-state index contributed by atoms with van der Waals surface area (Å²) in [6, 6.07) is 1.90. The molecule has 4 heteroatoms. The van der Waals surface area contributed by atoms with Gasteiger partial charge in [-0.3, -0.25) is 9.78 Å². The summed E-state index contributed by atoms with van der Waals surface area (Å²) in [4.78, 5) is 14.5. The van der Waals surface area contributed by atoms with Crippen LogP contribution in [0.5, 0.6) is 0 Å². The highest BCUT2D eigenvalue weighted by molar-refractivity contribution is 9.10. The maximum atomic E-state index is 10.6. The van der Waals surface area contributed by atoms with Crippen LogP contribution in [0, 0.1) is 0 Å². The van der Waals surface area contributed by atoms with E-state index in [9.17, 15) is 4.79 Å². The number of nitrogens with one attached hydrogen (secondary N) is 1. The van der Waals surface area contributed by atoms with Gasteiger partial charge in [-0.15, -0.1) is 0 Å². The molecular formula is C10H11BrN2O. The van der Waals surface area contributed by atoms with Crippen molar-refractivity contribution in [2.24, 2.45) is 0 Å². The third-order valence-corrected chi connectivity index (χ3v) is 2.23. The van der Waals surface area contributed by atoms with Crippen molar-refractivity contribution in [1.82, 2.24) is 10.3 Å². The largest absolute Gasteiger partial charge is 0.353 e. The number of rotatable bonds is 3. The van der Waals surface area contributed by atoms with Crippen LogP contribution in [0.1, 0.15) is 12.5 Å². The molecule has 1 amide bonds. The number of aromatic nitrogens is 1. The van der Waals surface area contributed by atoms with Crippen molar-refractivity contribution in [2.75, 3.05) is 6.54 Å². The van der Waals surface area contributed by atoms with Gasteiger partial charge in [-0.2, -0.15) is 0 Å². The van der Waals surface area contributed by atoms with Gasteiger partial charge in [-0.1, -0.05) is 12.2 Å². The Labute approximate surface area is 91.4 Å². The Balaban J connectivity index is 2.52. The topological polar surface area (TPSA) is 42.0 Å². The summed E-state index contributed by atoms with van der Waals surface area (Å²) < 4.78 is 0.944. The van der Waals surface area contributed by atoms with Crippen molar-refractivity contribution >= 4 is 27.9 Å². The molecule has 0 aliphatic rings. The van der Waals surface area contributed by atoms with E-state index < -0.39 is 0 Å². The lowest BCUT2D eigenvalue weighted by Crippen LogP contribution is -2.19. The highest BCUT2D eigenvalue weighted by atomic mass is 79.9. The molecule has 1 heterocycles. The molecule has 3 nitrogen and oxygen atoms in total.